The summed E-state index contributed by atoms with van der Waals surface area (Å²) in [6, 6.07) is 0. The maximum Gasteiger partial charge on any atom is 0.411 e. The van der Waals surface area contributed by atoms with E-state index in [9.17, 15) is 9.18 Å². The molecular formula is C14H24FNO2. The molecule has 18 heavy (non-hydrogen) atoms. The molecule has 0 saturated carbocycles. The van der Waals surface area contributed by atoms with Gasteiger partial charge in [0.05, 0.1) is 5.54 Å². The molecule has 2 fully saturated rings. The van der Waals surface area contributed by atoms with Crippen LogP contribution in [-0.2, 0) is 4.74 Å². The van der Waals surface area contributed by atoms with Gasteiger partial charge in [0.15, 0.2) is 0 Å². The molecule has 1 amide bonds. The molecule has 2 aliphatic rings. The van der Waals surface area contributed by atoms with Crippen LogP contribution in [0.1, 0.15) is 60.3 Å². The van der Waals surface area contributed by atoms with Gasteiger partial charge in [-0.2, -0.15) is 0 Å². The molecule has 0 aromatic carbocycles. The first-order valence-corrected chi connectivity index (χ1v) is 6.76. The van der Waals surface area contributed by atoms with Crippen molar-refractivity contribution in [2.75, 3.05) is 0 Å². The number of amides is 1. The number of rotatable bonds is 0. The van der Waals surface area contributed by atoms with Gasteiger partial charge < -0.3 is 4.74 Å². The summed E-state index contributed by atoms with van der Waals surface area (Å²) in [5.74, 6) is 0. The number of nitrogens with zero attached hydrogens (tertiary/aromatic N) is 1. The van der Waals surface area contributed by atoms with E-state index >= 15 is 0 Å². The van der Waals surface area contributed by atoms with Crippen LogP contribution in [0.2, 0.25) is 0 Å². The Morgan fingerprint density at radius 2 is 1.89 bits per heavy atom. The zero-order valence-corrected chi connectivity index (χ0v) is 12.0. The van der Waals surface area contributed by atoms with Crippen LogP contribution in [0.15, 0.2) is 0 Å². The fourth-order valence-electron chi connectivity index (χ4n) is 3.38. The lowest BCUT2D eigenvalue weighted by atomic mass is 9.84. The average Bonchev–Trinajstić information content (AvgIpc) is 2.40. The van der Waals surface area contributed by atoms with Crippen molar-refractivity contribution in [2.45, 2.75) is 83.2 Å². The lowest BCUT2D eigenvalue weighted by molar-refractivity contribution is -0.0590. The molecule has 2 bridgehead atoms. The maximum absolute atomic E-state index is 14.2. The van der Waals surface area contributed by atoms with Crippen LogP contribution in [0.5, 0.6) is 0 Å². The Morgan fingerprint density at radius 1 is 1.28 bits per heavy atom. The summed E-state index contributed by atoms with van der Waals surface area (Å²) in [7, 11) is 0. The number of hydrogen-bond donors (Lipinski definition) is 0. The van der Waals surface area contributed by atoms with Gasteiger partial charge in [0.2, 0.25) is 0 Å². The van der Waals surface area contributed by atoms with Crippen molar-refractivity contribution >= 4 is 6.09 Å². The minimum absolute atomic E-state index is 0.236. The van der Waals surface area contributed by atoms with Crippen LogP contribution in [0.4, 0.5) is 9.18 Å². The van der Waals surface area contributed by atoms with Gasteiger partial charge in [-0.05, 0) is 60.3 Å². The topological polar surface area (TPSA) is 29.5 Å². The normalized spacial score (nSPS) is 39.9. The van der Waals surface area contributed by atoms with Gasteiger partial charge in [-0.3, -0.25) is 4.90 Å². The monoisotopic (exact) mass is 257 g/mol. The third-order valence-corrected chi connectivity index (χ3v) is 4.41. The van der Waals surface area contributed by atoms with E-state index in [2.05, 4.69) is 0 Å². The Bertz CT molecular complexity index is 361. The summed E-state index contributed by atoms with van der Waals surface area (Å²) < 4.78 is 19.7. The first kappa shape index (κ1) is 13.6. The van der Waals surface area contributed by atoms with Crippen LogP contribution < -0.4 is 0 Å². The van der Waals surface area contributed by atoms with Crippen molar-refractivity contribution in [3.05, 3.63) is 0 Å². The predicted molar refractivity (Wildman–Crippen MR) is 68.2 cm³/mol. The lowest BCUT2D eigenvalue weighted by Crippen LogP contribution is -2.62. The third-order valence-electron chi connectivity index (χ3n) is 4.41. The van der Waals surface area contributed by atoms with Gasteiger partial charge in [0.25, 0.3) is 0 Å². The van der Waals surface area contributed by atoms with Crippen molar-refractivity contribution in [1.82, 2.24) is 4.90 Å². The molecule has 2 aliphatic heterocycles. The number of fused-ring (bicyclic) bond motifs is 2. The Hall–Kier alpha value is -0.800. The zero-order valence-electron chi connectivity index (χ0n) is 12.0. The third kappa shape index (κ3) is 1.99. The molecule has 3 nitrogen and oxygen atoms in total. The van der Waals surface area contributed by atoms with Gasteiger partial charge in [0.1, 0.15) is 11.8 Å². The molecule has 0 aromatic heterocycles. The zero-order chi connectivity index (χ0) is 13.8. The van der Waals surface area contributed by atoms with Crippen LogP contribution in [-0.4, -0.2) is 33.8 Å². The molecule has 3 atom stereocenters. The first-order chi connectivity index (χ1) is 8.08. The molecule has 3 unspecified atom stereocenters. The van der Waals surface area contributed by atoms with Crippen molar-refractivity contribution < 1.29 is 13.9 Å². The molecule has 0 radical (unpaired) electrons. The van der Waals surface area contributed by atoms with Gasteiger partial charge in [-0.15, -0.1) is 0 Å². The van der Waals surface area contributed by atoms with Crippen LogP contribution >= 0.6 is 0 Å². The second kappa shape index (κ2) is 3.84. The van der Waals surface area contributed by atoms with Crippen molar-refractivity contribution in [2.24, 2.45) is 0 Å². The number of piperidine rings is 1. The Morgan fingerprint density at radius 3 is 2.44 bits per heavy atom. The van der Waals surface area contributed by atoms with Gasteiger partial charge >= 0.3 is 6.09 Å². The van der Waals surface area contributed by atoms with Crippen LogP contribution in [0, 0.1) is 0 Å². The molecule has 0 spiro atoms. The van der Waals surface area contributed by atoms with Crippen LogP contribution in [0.3, 0.4) is 0 Å². The number of alkyl halides is 1. The molecular weight excluding hydrogens is 233 g/mol. The number of halogens is 1. The summed E-state index contributed by atoms with van der Waals surface area (Å²) in [6.07, 6.45) is 1.55. The molecule has 0 aliphatic carbocycles. The second-order valence-corrected chi connectivity index (χ2v) is 7.18. The van der Waals surface area contributed by atoms with E-state index in [4.69, 9.17) is 4.74 Å². The van der Waals surface area contributed by atoms with E-state index in [-0.39, 0.29) is 11.6 Å². The average molecular weight is 257 g/mol. The highest BCUT2D eigenvalue weighted by Crippen LogP contribution is 2.51. The number of hydrogen-bond acceptors (Lipinski definition) is 2. The SMILES string of the molecule is CC(C)(C)OC(=O)N1C2(C)CCC(F)C1(C)CC2. The predicted octanol–water partition coefficient (Wildman–Crippen LogP) is 3.67. The molecule has 2 saturated heterocycles. The van der Waals surface area contributed by atoms with E-state index in [1.54, 1.807) is 4.90 Å². The van der Waals surface area contributed by atoms with E-state index in [1.165, 1.54) is 0 Å². The standard InChI is InChI=1S/C14H24FNO2/c1-12(2,3)18-11(17)16-13(4)7-6-10(15)14(16,5)9-8-13/h10H,6-9H2,1-5H3. The highest BCUT2D eigenvalue weighted by atomic mass is 19.1. The lowest BCUT2D eigenvalue weighted by Gasteiger charge is -2.49. The molecule has 4 heteroatoms. The Kier molecular flexibility index (Phi) is 2.91. The fraction of sp³-hybridized carbons (Fsp3) is 0.929. The van der Waals surface area contributed by atoms with Gasteiger partial charge in [-0.25, -0.2) is 9.18 Å². The quantitative estimate of drug-likeness (QED) is 0.662. The van der Waals surface area contributed by atoms with Crippen molar-refractivity contribution in [3.8, 4) is 0 Å². The summed E-state index contributed by atoms with van der Waals surface area (Å²) in [5.41, 5.74) is -1.46. The molecule has 0 N–H and O–H groups in total. The smallest absolute Gasteiger partial charge is 0.411 e. The molecule has 2 heterocycles. The van der Waals surface area contributed by atoms with Gasteiger partial charge in [0, 0.05) is 5.54 Å². The largest absolute Gasteiger partial charge is 0.444 e. The summed E-state index contributed by atoms with van der Waals surface area (Å²) >= 11 is 0. The number of carbonyl (C=O) groups excluding carboxylic acids is 1. The van der Waals surface area contributed by atoms with E-state index in [1.807, 2.05) is 34.6 Å². The minimum Gasteiger partial charge on any atom is -0.444 e. The maximum atomic E-state index is 14.2. The number of ether oxygens (including phenoxy) is 1. The Balaban J connectivity index is 2.28. The number of carbonyl (C=O) groups is 1. The summed E-state index contributed by atoms with van der Waals surface area (Å²) in [4.78, 5) is 14.0. The highest BCUT2D eigenvalue weighted by molar-refractivity contribution is 5.71. The fourth-order valence-corrected chi connectivity index (χ4v) is 3.38. The van der Waals surface area contributed by atoms with Crippen molar-refractivity contribution in [1.29, 1.82) is 0 Å². The summed E-state index contributed by atoms with van der Waals surface area (Å²) in [5, 5.41) is 0. The Labute approximate surface area is 109 Å². The highest BCUT2D eigenvalue weighted by Gasteiger charge is 2.60. The van der Waals surface area contributed by atoms with E-state index in [0.717, 1.165) is 19.3 Å². The minimum atomic E-state index is -0.944. The van der Waals surface area contributed by atoms with E-state index < -0.39 is 17.3 Å². The van der Waals surface area contributed by atoms with Crippen LogP contribution in [0.25, 0.3) is 0 Å². The molecule has 104 valence electrons. The first-order valence-electron chi connectivity index (χ1n) is 6.76. The van der Waals surface area contributed by atoms with E-state index in [0.29, 0.717) is 6.42 Å². The van der Waals surface area contributed by atoms with Crippen molar-refractivity contribution in [3.63, 3.8) is 0 Å². The summed E-state index contributed by atoms with van der Waals surface area (Å²) in [6.45, 7) is 9.43. The second-order valence-electron chi connectivity index (χ2n) is 7.18. The molecule has 0 aromatic rings. The molecule has 2 rings (SSSR count). The van der Waals surface area contributed by atoms with Gasteiger partial charge in [-0.1, -0.05) is 0 Å².